The van der Waals surface area contributed by atoms with Crippen LogP contribution >= 0.6 is 0 Å². The summed E-state index contributed by atoms with van der Waals surface area (Å²) in [7, 11) is 0. The number of morpholine rings is 1. The molecule has 1 aromatic rings. The lowest BCUT2D eigenvalue weighted by atomic mass is 10.1. The maximum absolute atomic E-state index is 11.2. The summed E-state index contributed by atoms with van der Waals surface area (Å²) in [6.45, 7) is 6.06. The number of hydrogen-bond acceptors (Lipinski definition) is 4. The van der Waals surface area contributed by atoms with E-state index in [1.165, 1.54) is 0 Å². The van der Waals surface area contributed by atoms with Crippen LogP contribution in [0.1, 0.15) is 19.4 Å². The van der Waals surface area contributed by atoms with Gasteiger partial charge in [0.15, 0.2) is 0 Å². The van der Waals surface area contributed by atoms with E-state index in [-0.39, 0.29) is 12.7 Å². The molecule has 0 amide bonds. The van der Waals surface area contributed by atoms with E-state index in [1.807, 2.05) is 43.0 Å². The van der Waals surface area contributed by atoms with Gasteiger partial charge in [0.2, 0.25) is 0 Å². The summed E-state index contributed by atoms with van der Waals surface area (Å²) in [4.78, 5) is 13.1. The Morgan fingerprint density at radius 1 is 1.45 bits per heavy atom. The number of nitrogens with zero attached hydrogens (tertiary/aromatic N) is 1. The summed E-state index contributed by atoms with van der Waals surface area (Å²) in [5, 5.41) is 9.19. The molecular weight excluding hydrogens is 258 g/mol. The molecule has 1 aromatic carbocycles. The third-order valence-electron chi connectivity index (χ3n) is 3.21. The van der Waals surface area contributed by atoms with Gasteiger partial charge in [0.05, 0.1) is 19.3 Å². The van der Waals surface area contributed by atoms with Crippen molar-refractivity contribution in [3.63, 3.8) is 0 Å². The van der Waals surface area contributed by atoms with Crippen LogP contribution in [0.5, 0.6) is 5.75 Å². The minimum atomic E-state index is -0.829. The van der Waals surface area contributed by atoms with Gasteiger partial charge in [-0.05, 0) is 31.5 Å². The van der Waals surface area contributed by atoms with Gasteiger partial charge in [0.1, 0.15) is 11.8 Å². The molecule has 0 bridgehead atoms. The van der Waals surface area contributed by atoms with Crippen LogP contribution in [0.25, 0.3) is 0 Å². The van der Waals surface area contributed by atoms with E-state index >= 15 is 0 Å². The maximum atomic E-state index is 11.2. The first-order valence-corrected chi connectivity index (χ1v) is 6.86. The summed E-state index contributed by atoms with van der Waals surface area (Å²) in [6.07, 6.45) is 0.150. The Morgan fingerprint density at radius 2 is 2.15 bits per heavy atom. The smallest absolute Gasteiger partial charge is 0.323 e. The normalized spacial score (nSPS) is 20.1. The quantitative estimate of drug-likeness (QED) is 0.890. The summed E-state index contributed by atoms with van der Waals surface area (Å²) < 4.78 is 10.8. The third kappa shape index (κ3) is 3.95. The molecule has 0 aromatic heterocycles. The van der Waals surface area contributed by atoms with Gasteiger partial charge in [0, 0.05) is 13.1 Å². The molecule has 2 rings (SSSR count). The zero-order valence-corrected chi connectivity index (χ0v) is 11.9. The van der Waals surface area contributed by atoms with Crippen LogP contribution in [0.2, 0.25) is 0 Å². The van der Waals surface area contributed by atoms with E-state index in [0.717, 1.165) is 11.3 Å². The number of carbonyl (C=O) groups is 1. The van der Waals surface area contributed by atoms with Crippen molar-refractivity contribution in [2.45, 2.75) is 32.5 Å². The van der Waals surface area contributed by atoms with Crippen molar-refractivity contribution in [2.75, 3.05) is 19.8 Å². The van der Waals surface area contributed by atoms with E-state index in [9.17, 15) is 9.90 Å². The van der Waals surface area contributed by atoms with Gasteiger partial charge in [-0.2, -0.15) is 0 Å². The SMILES string of the molecule is CC(C)Oc1ccc(CN2CCOCC2C(=O)O)cc1. The highest BCUT2D eigenvalue weighted by molar-refractivity contribution is 5.73. The highest BCUT2D eigenvalue weighted by Gasteiger charge is 2.28. The fourth-order valence-corrected chi connectivity index (χ4v) is 2.23. The van der Waals surface area contributed by atoms with Crippen LogP contribution in [-0.2, 0) is 16.1 Å². The largest absolute Gasteiger partial charge is 0.491 e. The van der Waals surface area contributed by atoms with Crippen molar-refractivity contribution in [2.24, 2.45) is 0 Å². The van der Waals surface area contributed by atoms with Gasteiger partial charge >= 0.3 is 5.97 Å². The summed E-state index contributed by atoms with van der Waals surface area (Å²) in [5.74, 6) is 0.00460. The average molecular weight is 279 g/mol. The van der Waals surface area contributed by atoms with Gasteiger partial charge in [-0.1, -0.05) is 12.1 Å². The van der Waals surface area contributed by atoms with Crippen molar-refractivity contribution in [3.8, 4) is 5.75 Å². The predicted molar refractivity (Wildman–Crippen MR) is 74.9 cm³/mol. The summed E-state index contributed by atoms with van der Waals surface area (Å²) in [6, 6.07) is 7.24. The Morgan fingerprint density at radius 3 is 2.75 bits per heavy atom. The first-order chi connectivity index (χ1) is 9.56. The Hall–Kier alpha value is -1.59. The molecule has 1 saturated heterocycles. The van der Waals surface area contributed by atoms with Gasteiger partial charge in [-0.3, -0.25) is 9.69 Å². The van der Waals surface area contributed by atoms with Crippen LogP contribution in [0, 0.1) is 0 Å². The van der Waals surface area contributed by atoms with Gasteiger partial charge in [-0.15, -0.1) is 0 Å². The van der Waals surface area contributed by atoms with Crippen LogP contribution < -0.4 is 4.74 Å². The second-order valence-electron chi connectivity index (χ2n) is 5.21. The molecule has 0 saturated carbocycles. The molecule has 20 heavy (non-hydrogen) atoms. The lowest BCUT2D eigenvalue weighted by Gasteiger charge is -2.32. The summed E-state index contributed by atoms with van der Waals surface area (Å²) in [5.41, 5.74) is 1.08. The molecule has 0 radical (unpaired) electrons. The van der Waals surface area contributed by atoms with E-state index in [4.69, 9.17) is 9.47 Å². The monoisotopic (exact) mass is 279 g/mol. The van der Waals surface area contributed by atoms with Gasteiger partial charge < -0.3 is 14.6 Å². The molecule has 110 valence electrons. The van der Waals surface area contributed by atoms with Crippen LogP contribution in [0.4, 0.5) is 0 Å². The molecule has 1 unspecified atom stereocenters. The molecule has 5 heteroatoms. The topological polar surface area (TPSA) is 59.0 Å². The van der Waals surface area contributed by atoms with Crippen LogP contribution in [0.15, 0.2) is 24.3 Å². The first kappa shape index (κ1) is 14.8. The first-order valence-electron chi connectivity index (χ1n) is 6.86. The minimum Gasteiger partial charge on any atom is -0.491 e. The van der Waals surface area contributed by atoms with Crippen LogP contribution in [0.3, 0.4) is 0 Å². The van der Waals surface area contributed by atoms with E-state index < -0.39 is 12.0 Å². The number of carboxylic acid groups (broad SMARTS) is 1. The molecule has 1 atom stereocenters. The number of rotatable bonds is 5. The second-order valence-corrected chi connectivity index (χ2v) is 5.21. The van der Waals surface area contributed by atoms with E-state index in [2.05, 4.69) is 0 Å². The zero-order valence-electron chi connectivity index (χ0n) is 11.9. The fraction of sp³-hybridized carbons (Fsp3) is 0.533. The molecule has 5 nitrogen and oxygen atoms in total. The molecule has 1 fully saturated rings. The van der Waals surface area contributed by atoms with Crippen molar-refractivity contribution in [3.05, 3.63) is 29.8 Å². The third-order valence-corrected chi connectivity index (χ3v) is 3.21. The van der Waals surface area contributed by atoms with Gasteiger partial charge in [-0.25, -0.2) is 0 Å². The summed E-state index contributed by atoms with van der Waals surface area (Å²) >= 11 is 0. The lowest BCUT2D eigenvalue weighted by molar-refractivity contribution is -0.150. The average Bonchev–Trinajstić information content (AvgIpc) is 2.41. The van der Waals surface area contributed by atoms with Gasteiger partial charge in [0.25, 0.3) is 0 Å². The molecule has 0 spiro atoms. The minimum absolute atomic E-state index is 0.150. The Bertz CT molecular complexity index is 444. The van der Waals surface area contributed by atoms with Crippen molar-refractivity contribution in [1.29, 1.82) is 0 Å². The standard InChI is InChI=1S/C15H21NO4/c1-11(2)20-13-5-3-12(4-6-13)9-16-7-8-19-10-14(16)15(17)18/h3-6,11,14H,7-10H2,1-2H3,(H,17,18). The highest BCUT2D eigenvalue weighted by Crippen LogP contribution is 2.17. The van der Waals surface area contributed by atoms with E-state index in [1.54, 1.807) is 0 Å². The number of benzene rings is 1. The van der Waals surface area contributed by atoms with Crippen molar-refractivity contribution < 1.29 is 19.4 Å². The zero-order chi connectivity index (χ0) is 14.5. The highest BCUT2D eigenvalue weighted by atomic mass is 16.5. The van der Waals surface area contributed by atoms with Crippen molar-refractivity contribution >= 4 is 5.97 Å². The molecule has 0 aliphatic carbocycles. The maximum Gasteiger partial charge on any atom is 0.323 e. The van der Waals surface area contributed by atoms with Crippen molar-refractivity contribution in [1.82, 2.24) is 4.90 Å². The number of carboxylic acids is 1. The lowest BCUT2D eigenvalue weighted by Crippen LogP contribution is -2.49. The predicted octanol–water partition coefficient (Wildman–Crippen LogP) is 1.76. The Kier molecular flexibility index (Phi) is 4.98. The molecule has 1 heterocycles. The van der Waals surface area contributed by atoms with Crippen LogP contribution in [-0.4, -0.2) is 47.9 Å². The molecule has 1 aliphatic rings. The number of aliphatic carboxylic acids is 1. The molecule has 1 N–H and O–H groups in total. The second kappa shape index (κ2) is 6.72. The Labute approximate surface area is 119 Å². The van der Waals surface area contributed by atoms with E-state index in [0.29, 0.717) is 19.7 Å². The number of ether oxygens (including phenoxy) is 2. The number of hydrogen-bond donors (Lipinski definition) is 1. The molecular formula is C15H21NO4. The fourth-order valence-electron chi connectivity index (χ4n) is 2.23. The Balaban J connectivity index is 1.99. The molecule has 1 aliphatic heterocycles.